The Kier molecular flexibility index (Phi) is 8.51. The third kappa shape index (κ3) is 6.05. The summed E-state index contributed by atoms with van der Waals surface area (Å²) in [5.74, 6) is 0.233. The van der Waals surface area contributed by atoms with Crippen molar-refractivity contribution in [2.75, 3.05) is 63.2 Å². The molecule has 1 aliphatic heterocycles. The Labute approximate surface area is 236 Å². The monoisotopic (exact) mass is 540 g/mol. The first-order chi connectivity index (χ1) is 19.4. The molecule has 1 saturated heterocycles. The summed E-state index contributed by atoms with van der Waals surface area (Å²) >= 11 is 0. The minimum absolute atomic E-state index is 0.000972. The van der Waals surface area contributed by atoms with E-state index in [9.17, 15) is 9.18 Å². The van der Waals surface area contributed by atoms with Crippen molar-refractivity contribution in [2.24, 2.45) is 0 Å². The summed E-state index contributed by atoms with van der Waals surface area (Å²) in [5.41, 5.74) is 3.89. The number of hydrogen-bond acceptors (Lipinski definition) is 5. The van der Waals surface area contributed by atoms with Gasteiger partial charge in [0.1, 0.15) is 11.6 Å². The number of amides is 1. The van der Waals surface area contributed by atoms with Crippen LogP contribution in [0.5, 0.6) is 5.75 Å². The van der Waals surface area contributed by atoms with Gasteiger partial charge >= 0.3 is 0 Å². The predicted molar refractivity (Wildman–Crippen MR) is 161 cm³/mol. The second-order valence-electron chi connectivity index (χ2n) is 10.3. The number of carbonyl (C=O) groups excluding carboxylic acids is 1. The van der Waals surface area contributed by atoms with E-state index >= 15 is 0 Å². The van der Waals surface area contributed by atoms with Gasteiger partial charge in [0.05, 0.1) is 18.2 Å². The van der Waals surface area contributed by atoms with Crippen LogP contribution < -0.4 is 19.9 Å². The van der Waals surface area contributed by atoms with Gasteiger partial charge in [-0.05, 0) is 65.7 Å². The minimum atomic E-state index is -0.224. The standard InChI is InChI=1S/C33H37FN4O2/c1-4-40-31-18-11-24-7-5-6-8-29(24)32(31)33(39)35-23-30(25-9-14-27(15-10-25)36(2)3)38-21-19-37(20-22-38)28-16-12-26(34)13-17-28/h5-18,30H,4,19-23H2,1-3H3,(H,35,39). The van der Waals surface area contributed by atoms with Crippen molar-refractivity contribution in [1.29, 1.82) is 0 Å². The lowest BCUT2D eigenvalue weighted by Crippen LogP contribution is -2.50. The van der Waals surface area contributed by atoms with E-state index in [1.807, 2.05) is 69.6 Å². The number of carbonyl (C=O) groups is 1. The quantitative estimate of drug-likeness (QED) is 0.294. The zero-order valence-electron chi connectivity index (χ0n) is 23.4. The summed E-state index contributed by atoms with van der Waals surface area (Å²) in [5, 5.41) is 5.13. The Morgan fingerprint density at radius 2 is 1.62 bits per heavy atom. The number of piperazine rings is 1. The Morgan fingerprint density at radius 3 is 2.30 bits per heavy atom. The average Bonchev–Trinajstić information content (AvgIpc) is 2.98. The third-order valence-electron chi connectivity index (χ3n) is 7.61. The first-order valence-electron chi connectivity index (χ1n) is 13.9. The van der Waals surface area contributed by atoms with E-state index in [-0.39, 0.29) is 17.8 Å². The second-order valence-corrected chi connectivity index (χ2v) is 10.3. The zero-order valence-corrected chi connectivity index (χ0v) is 23.4. The topological polar surface area (TPSA) is 48.1 Å². The lowest BCUT2D eigenvalue weighted by Gasteiger charge is -2.40. The Bertz CT molecular complexity index is 1430. The molecule has 208 valence electrons. The van der Waals surface area contributed by atoms with E-state index in [1.54, 1.807) is 0 Å². The molecule has 0 aromatic heterocycles. The molecule has 4 aromatic carbocycles. The summed E-state index contributed by atoms with van der Waals surface area (Å²) in [7, 11) is 4.06. The fourth-order valence-corrected chi connectivity index (χ4v) is 5.44. The molecule has 0 radical (unpaired) electrons. The fourth-order valence-electron chi connectivity index (χ4n) is 5.44. The van der Waals surface area contributed by atoms with Crippen LogP contribution >= 0.6 is 0 Å². The van der Waals surface area contributed by atoms with Crippen molar-refractivity contribution >= 4 is 28.1 Å². The van der Waals surface area contributed by atoms with E-state index < -0.39 is 0 Å². The molecule has 1 fully saturated rings. The number of fused-ring (bicyclic) bond motifs is 1. The van der Waals surface area contributed by atoms with Crippen LogP contribution in [0.4, 0.5) is 15.8 Å². The van der Waals surface area contributed by atoms with E-state index in [2.05, 4.69) is 44.3 Å². The van der Waals surface area contributed by atoms with Gasteiger partial charge in [0.25, 0.3) is 5.91 Å². The van der Waals surface area contributed by atoms with Crippen LogP contribution in [0.3, 0.4) is 0 Å². The molecular formula is C33H37FN4O2. The van der Waals surface area contributed by atoms with Gasteiger partial charge in [-0.2, -0.15) is 0 Å². The van der Waals surface area contributed by atoms with Crippen LogP contribution in [-0.2, 0) is 0 Å². The number of benzene rings is 4. The average molecular weight is 541 g/mol. The molecule has 0 bridgehead atoms. The van der Waals surface area contributed by atoms with Gasteiger partial charge in [0, 0.05) is 58.2 Å². The normalized spacial score (nSPS) is 14.7. The second kappa shape index (κ2) is 12.4. The van der Waals surface area contributed by atoms with Crippen molar-refractivity contribution in [1.82, 2.24) is 10.2 Å². The van der Waals surface area contributed by atoms with Gasteiger partial charge < -0.3 is 19.9 Å². The van der Waals surface area contributed by atoms with E-state index in [0.717, 1.165) is 53.9 Å². The summed E-state index contributed by atoms with van der Waals surface area (Å²) in [4.78, 5) is 20.5. The number of nitrogens with zero attached hydrogens (tertiary/aromatic N) is 3. The lowest BCUT2D eigenvalue weighted by molar-refractivity contribution is 0.0928. The van der Waals surface area contributed by atoms with Crippen molar-refractivity contribution in [3.8, 4) is 5.75 Å². The molecule has 1 amide bonds. The first kappa shape index (κ1) is 27.5. The molecule has 0 aliphatic carbocycles. The molecule has 6 nitrogen and oxygen atoms in total. The van der Waals surface area contributed by atoms with Gasteiger partial charge in [-0.3, -0.25) is 9.69 Å². The summed E-state index contributed by atoms with van der Waals surface area (Å²) < 4.78 is 19.3. The maximum absolute atomic E-state index is 13.7. The first-order valence-corrected chi connectivity index (χ1v) is 13.9. The highest BCUT2D eigenvalue weighted by molar-refractivity contribution is 6.09. The number of anilines is 2. The van der Waals surface area contributed by atoms with Crippen LogP contribution in [0.1, 0.15) is 28.9 Å². The Morgan fingerprint density at radius 1 is 0.925 bits per heavy atom. The third-order valence-corrected chi connectivity index (χ3v) is 7.61. The van der Waals surface area contributed by atoms with Crippen LogP contribution in [0, 0.1) is 5.82 Å². The van der Waals surface area contributed by atoms with Crippen molar-refractivity contribution in [3.05, 3.63) is 102 Å². The van der Waals surface area contributed by atoms with Crippen molar-refractivity contribution in [2.45, 2.75) is 13.0 Å². The maximum Gasteiger partial charge on any atom is 0.255 e. The number of nitrogens with one attached hydrogen (secondary N) is 1. The molecule has 4 aromatic rings. The molecule has 1 atom stereocenters. The highest BCUT2D eigenvalue weighted by Crippen LogP contribution is 2.30. The number of rotatable bonds is 9. The highest BCUT2D eigenvalue weighted by atomic mass is 19.1. The van der Waals surface area contributed by atoms with Crippen LogP contribution in [0.2, 0.25) is 0 Å². The molecule has 1 unspecified atom stereocenters. The van der Waals surface area contributed by atoms with Crippen molar-refractivity contribution in [3.63, 3.8) is 0 Å². The molecule has 5 rings (SSSR count). The fraction of sp³-hybridized carbons (Fsp3) is 0.303. The molecule has 1 heterocycles. The maximum atomic E-state index is 13.7. The van der Waals surface area contributed by atoms with Gasteiger partial charge in [-0.1, -0.05) is 42.5 Å². The summed E-state index contributed by atoms with van der Waals surface area (Å²) in [6.07, 6.45) is 0. The van der Waals surface area contributed by atoms with E-state index in [1.165, 1.54) is 12.1 Å². The summed E-state index contributed by atoms with van der Waals surface area (Å²) in [6, 6.07) is 27.0. The van der Waals surface area contributed by atoms with Crippen molar-refractivity contribution < 1.29 is 13.9 Å². The molecule has 0 saturated carbocycles. The van der Waals surface area contributed by atoms with Crippen LogP contribution in [0.25, 0.3) is 10.8 Å². The number of hydrogen-bond donors (Lipinski definition) is 1. The number of halogens is 1. The SMILES string of the molecule is CCOc1ccc2ccccc2c1C(=O)NCC(c1ccc(N(C)C)cc1)N1CCN(c2ccc(F)cc2)CC1. The highest BCUT2D eigenvalue weighted by Gasteiger charge is 2.27. The smallest absolute Gasteiger partial charge is 0.255 e. The Balaban J connectivity index is 1.37. The molecule has 1 aliphatic rings. The lowest BCUT2D eigenvalue weighted by atomic mass is 10.0. The van der Waals surface area contributed by atoms with Crippen LogP contribution in [-0.4, -0.2) is 64.2 Å². The Hall–Kier alpha value is -4.10. The van der Waals surface area contributed by atoms with E-state index in [4.69, 9.17) is 4.74 Å². The largest absolute Gasteiger partial charge is 0.493 e. The van der Waals surface area contributed by atoms with E-state index in [0.29, 0.717) is 24.5 Å². The number of ether oxygens (including phenoxy) is 1. The zero-order chi connectivity index (χ0) is 28.1. The molecule has 7 heteroatoms. The van der Waals surface area contributed by atoms with Gasteiger partial charge in [-0.25, -0.2) is 4.39 Å². The van der Waals surface area contributed by atoms with Gasteiger partial charge in [0.2, 0.25) is 0 Å². The van der Waals surface area contributed by atoms with Gasteiger partial charge in [-0.15, -0.1) is 0 Å². The molecule has 40 heavy (non-hydrogen) atoms. The summed E-state index contributed by atoms with van der Waals surface area (Å²) in [6.45, 7) is 6.17. The van der Waals surface area contributed by atoms with Crippen LogP contribution in [0.15, 0.2) is 84.9 Å². The molecule has 1 N–H and O–H groups in total. The van der Waals surface area contributed by atoms with Gasteiger partial charge in [0.15, 0.2) is 0 Å². The molecule has 0 spiro atoms. The predicted octanol–water partition coefficient (Wildman–Crippen LogP) is 5.74. The molecular weight excluding hydrogens is 503 g/mol. The minimum Gasteiger partial charge on any atom is -0.493 e.